The molecule has 114 valence electrons. The second-order valence-corrected chi connectivity index (χ2v) is 8.24. The summed E-state index contributed by atoms with van der Waals surface area (Å²) in [5.41, 5.74) is 2.04. The second kappa shape index (κ2) is 5.40. The van der Waals surface area contributed by atoms with Crippen LogP contribution in [0.15, 0.2) is 12.2 Å². The summed E-state index contributed by atoms with van der Waals surface area (Å²) in [6.07, 6.45) is 6.50. The fourth-order valence-electron chi connectivity index (χ4n) is 5.47. The highest BCUT2D eigenvalue weighted by molar-refractivity contribution is 9.09. The zero-order chi connectivity index (χ0) is 14.4. The van der Waals surface area contributed by atoms with Gasteiger partial charge in [-0.15, -0.1) is 0 Å². The van der Waals surface area contributed by atoms with E-state index in [0.717, 1.165) is 11.9 Å². The number of ether oxygens (including phenoxy) is 2. The molecule has 1 saturated heterocycles. The van der Waals surface area contributed by atoms with Gasteiger partial charge >= 0.3 is 0 Å². The van der Waals surface area contributed by atoms with E-state index < -0.39 is 0 Å². The Hall–Kier alpha value is 0.140. The van der Waals surface area contributed by atoms with Crippen LogP contribution in [0.5, 0.6) is 0 Å². The van der Waals surface area contributed by atoms with Crippen molar-refractivity contribution in [3.8, 4) is 0 Å². The van der Waals surface area contributed by atoms with Crippen LogP contribution < -0.4 is 0 Å². The van der Waals surface area contributed by atoms with Crippen molar-refractivity contribution in [2.75, 3.05) is 18.7 Å². The number of hydrogen-bond acceptors (Lipinski definition) is 2. The van der Waals surface area contributed by atoms with E-state index in [9.17, 15) is 0 Å². The molecule has 0 aromatic rings. The summed E-state index contributed by atoms with van der Waals surface area (Å²) in [4.78, 5) is 0. The minimum absolute atomic E-state index is 0.191. The first-order valence-corrected chi connectivity index (χ1v) is 9.07. The molecular weight excluding hydrogens is 316 g/mol. The largest absolute Gasteiger partial charge is 0.355 e. The molecule has 0 amide bonds. The molecule has 0 spiro atoms. The van der Waals surface area contributed by atoms with Crippen molar-refractivity contribution in [1.29, 1.82) is 0 Å². The average Bonchev–Trinajstić information content (AvgIpc) is 2.42. The van der Waals surface area contributed by atoms with Crippen molar-refractivity contribution in [1.82, 2.24) is 0 Å². The number of hydrogen-bond donors (Lipinski definition) is 0. The van der Waals surface area contributed by atoms with E-state index >= 15 is 0 Å². The molecule has 1 heterocycles. The molecule has 3 heteroatoms. The molecule has 3 fully saturated rings. The van der Waals surface area contributed by atoms with Crippen LogP contribution in [0, 0.1) is 22.7 Å². The Balaban J connectivity index is 1.93. The fraction of sp³-hybridized carbons (Fsp3) is 0.882. The first-order chi connectivity index (χ1) is 9.52. The Morgan fingerprint density at radius 3 is 2.85 bits per heavy atom. The molecule has 5 atom stereocenters. The maximum Gasteiger partial charge on any atom is 0.147 e. The second-order valence-electron chi connectivity index (χ2n) is 7.45. The third-order valence-corrected chi connectivity index (χ3v) is 6.94. The summed E-state index contributed by atoms with van der Waals surface area (Å²) in [5.74, 6) is 1.35. The van der Waals surface area contributed by atoms with Crippen molar-refractivity contribution in [2.24, 2.45) is 22.7 Å². The van der Waals surface area contributed by atoms with Crippen LogP contribution in [0.2, 0.25) is 0 Å². The van der Waals surface area contributed by atoms with Gasteiger partial charge in [0.15, 0.2) is 0 Å². The van der Waals surface area contributed by atoms with Crippen LogP contribution in [0.25, 0.3) is 0 Å². The highest BCUT2D eigenvalue weighted by atomic mass is 79.9. The maximum absolute atomic E-state index is 5.95. The lowest BCUT2D eigenvalue weighted by molar-refractivity contribution is -0.260. The summed E-state index contributed by atoms with van der Waals surface area (Å²) in [6.45, 7) is 10.7. The normalized spacial score (nSPS) is 48.5. The summed E-state index contributed by atoms with van der Waals surface area (Å²) in [5, 5.41) is 1.08. The first-order valence-electron chi connectivity index (χ1n) is 7.95. The molecule has 0 radical (unpaired) electrons. The Kier molecular flexibility index (Phi) is 4.07. The van der Waals surface area contributed by atoms with E-state index in [1.165, 1.54) is 37.7 Å². The number of halogens is 1. The van der Waals surface area contributed by atoms with Gasteiger partial charge in [-0.25, -0.2) is 0 Å². The molecule has 1 unspecified atom stereocenters. The average molecular weight is 343 g/mol. The van der Waals surface area contributed by atoms with E-state index in [-0.39, 0.29) is 5.41 Å². The minimum Gasteiger partial charge on any atom is -0.355 e. The smallest absolute Gasteiger partial charge is 0.147 e. The van der Waals surface area contributed by atoms with Gasteiger partial charge in [-0.2, -0.15) is 0 Å². The third-order valence-electron chi connectivity index (χ3n) is 6.48. The highest BCUT2D eigenvalue weighted by Gasteiger charge is 2.59. The molecule has 3 rings (SSSR count). The van der Waals surface area contributed by atoms with E-state index in [4.69, 9.17) is 9.47 Å². The van der Waals surface area contributed by atoms with E-state index in [1.54, 1.807) is 0 Å². The van der Waals surface area contributed by atoms with Crippen LogP contribution in [-0.4, -0.2) is 24.8 Å². The van der Waals surface area contributed by atoms with Crippen LogP contribution in [0.1, 0.15) is 46.0 Å². The zero-order valence-corrected chi connectivity index (χ0v) is 14.4. The molecular formula is C17H27BrO2. The molecule has 2 aliphatic carbocycles. The van der Waals surface area contributed by atoms with E-state index in [0.29, 0.717) is 30.1 Å². The molecule has 0 aromatic carbocycles. The van der Waals surface area contributed by atoms with E-state index in [1.807, 2.05) is 0 Å². The standard InChI is InChI=1S/C17H27BrO2/c1-12-4-5-14-16(2,13(12)7-9-18)8-6-15-17(14,3)10-19-11-20-15/h13-15H,1,4-11H2,2-3H3/t13-,14?,15-,16+,17+/m1/s1. The Morgan fingerprint density at radius 2 is 2.10 bits per heavy atom. The Morgan fingerprint density at radius 1 is 1.30 bits per heavy atom. The van der Waals surface area contributed by atoms with Gasteiger partial charge in [0, 0.05) is 10.7 Å². The number of alkyl halides is 1. The van der Waals surface area contributed by atoms with Crippen molar-refractivity contribution in [3.63, 3.8) is 0 Å². The van der Waals surface area contributed by atoms with Gasteiger partial charge in [0.25, 0.3) is 0 Å². The SMILES string of the molecule is C=C1CCC2[C@]3(C)COCO[C@@H]3CC[C@@]2(C)[C@@H]1CCBr. The van der Waals surface area contributed by atoms with Crippen LogP contribution in [0.3, 0.4) is 0 Å². The molecule has 2 saturated carbocycles. The molecule has 0 aromatic heterocycles. The van der Waals surface area contributed by atoms with Gasteiger partial charge in [0.05, 0.1) is 12.7 Å². The predicted octanol–water partition coefficient (Wildman–Crippen LogP) is 4.53. The quantitative estimate of drug-likeness (QED) is 0.542. The monoisotopic (exact) mass is 342 g/mol. The van der Waals surface area contributed by atoms with Crippen molar-refractivity contribution < 1.29 is 9.47 Å². The Labute approximate surface area is 131 Å². The van der Waals surface area contributed by atoms with Gasteiger partial charge in [-0.3, -0.25) is 0 Å². The molecule has 20 heavy (non-hydrogen) atoms. The lowest BCUT2D eigenvalue weighted by Crippen LogP contribution is -2.60. The van der Waals surface area contributed by atoms with Crippen molar-refractivity contribution >= 4 is 15.9 Å². The lowest BCUT2D eigenvalue weighted by atomic mass is 9.46. The van der Waals surface area contributed by atoms with Crippen LogP contribution >= 0.6 is 15.9 Å². The van der Waals surface area contributed by atoms with Crippen molar-refractivity contribution in [2.45, 2.75) is 52.1 Å². The highest BCUT2D eigenvalue weighted by Crippen LogP contribution is 2.62. The summed E-state index contributed by atoms with van der Waals surface area (Å²) in [7, 11) is 0. The summed E-state index contributed by atoms with van der Waals surface area (Å²) < 4.78 is 11.7. The number of allylic oxidation sites excluding steroid dienone is 1. The Bertz CT molecular complexity index is 396. The van der Waals surface area contributed by atoms with Crippen LogP contribution in [-0.2, 0) is 9.47 Å². The van der Waals surface area contributed by atoms with E-state index in [2.05, 4.69) is 36.4 Å². The van der Waals surface area contributed by atoms with Gasteiger partial charge in [0.2, 0.25) is 0 Å². The van der Waals surface area contributed by atoms with Crippen LogP contribution in [0.4, 0.5) is 0 Å². The van der Waals surface area contributed by atoms with Gasteiger partial charge in [-0.05, 0) is 49.4 Å². The summed E-state index contributed by atoms with van der Waals surface area (Å²) >= 11 is 3.64. The summed E-state index contributed by atoms with van der Waals surface area (Å²) in [6, 6.07) is 0. The van der Waals surface area contributed by atoms with Crippen molar-refractivity contribution in [3.05, 3.63) is 12.2 Å². The van der Waals surface area contributed by atoms with Gasteiger partial charge < -0.3 is 9.47 Å². The minimum atomic E-state index is 0.191. The zero-order valence-electron chi connectivity index (χ0n) is 12.8. The molecule has 1 aliphatic heterocycles. The van der Waals surface area contributed by atoms with Gasteiger partial charge in [0.1, 0.15) is 6.79 Å². The molecule has 0 N–H and O–H groups in total. The molecule has 2 nitrogen and oxygen atoms in total. The van der Waals surface area contributed by atoms with Gasteiger partial charge in [-0.1, -0.05) is 41.9 Å². The third kappa shape index (κ3) is 2.12. The first kappa shape index (κ1) is 15.1. The fourth-order valence-corrected chi connectivity index (χ4v) is 5.93. The topological polar surface area (TPSA) is 18.5 Å². The molecule has 0 bridgehead atoms. The number of fused-ring (bicyclic) bond motifs is 3. The predicted molar refractivity (Wildman–Crippen MR) is 84.9 cm³/mol. The lowest BCUT2D eigenvalue weighted by Gasteiger charge is -2.62. The maximum atomic E-state index is 5.95. The molecule has 3 aliphatic rings. The number of rotatable bonds is 2.